The van der Waals surface area contributed by atoms with Crippen LogP contribution in [0, 0.1) is 10.1 Å². The summed E-state index contributed by atoms with van der Waals surface area (Å²) >= 11 is 0. The summed E-state index contributed by atoms with van der Waals surface area (Å²) in [6.45, 7) is 4.95. The Morgan fingerprint density at radius 1 is 1.37 bits per heavy atom. The molecule has 0 spiro atoms. The Balaban J connectivity index is 1.79. The molecule has 148 valence electrons. The van der Waals surface area contributed by atoms with Crippen LogP contribution in [0.1, 0.15) is 20.8 Å². The van der Waals surface area contributed by atoms with Crippen molar-refractivity contribution in [2.75, 3.05) is 6.61 Å². The molecule has 5 atom stereocenters. The first-order valence-electron chi connectivity index (χ1n) is 8.50. The van der Waals surface area contributed by atoms with Gasteiger partial charge in [-0.05, 0) is 26.0 Å². The van der Waals surface area contributed by atoms with Crippen molar-refractivity contribution in [3.63, 3.8) is 0 Å². The highest BCUT2D eigenvalue weighted by atomic mass is 16.8. The molecule has 27 heavy (non-hydrogen) atoms. The lowest BCUT2D eigenvalue weighted by Crippen LogP contribution is -2.69. The summed E-state index contributed by atoms with van der Waals surface area (Å²) in [5, 5.41) is 24.2. The Labute approximate surface area is 155 Å². The predicted octanol–water partition coefficient (Wildman–Crippen LogP) is 0.716. The summed E-state index contributed by atoms with van der Waals surface area (Å²) in [4.78, 5) is 21.8. The summed E-state index contributed by atoms with van der Waals surface area (Å²) in [5.74, 6) is -0.965. The number of hydrogen-bond acceptors (Lipinski definition) is 8. The molecule has 10 heteroatoms. The zero-order valence-corrected chi connectivity index (χ0v) is 15.2. The van der Waals surface area contributed by atoms with Crippen LogP contribution in [0.2, 0.25) is 0 Å². The van der Waals surface area contributed by atoms with E-state index < -0.39 is 41.4 Å². The molecular formula is C17H22N2O8. The minimum atomic E-state index is -1.10. The number of aliphatic hydroxyl groups is 1. The molecule has 2 aliphatic heterocycles. The number of nitrogens with zero attached hydrogens (tertiary/aromatic N) is 1. The number of carbonyl (C=O) groups excluding carboxylic acids is 1. The lowest BCUT2D eigenvalue weighted by atomic mass is 9.95. The minimum absolute atomic E-state index is 0.0817. The molecule has 2 aliphatic rings. The Morgan fingerprint density at radius 3 is 2.63 bits per heavy atom. The molecule has 2 fully saturated rings. The van der Waals surface area contributed by atoms with Crippen molar-refractivity contribution in [2.24, 2.45) is 0 Å². The van der Waals surface area contributed by atoms with Gasteiger partial charge >= 0.3 is 0 Å². The summed E-state index contributed by atoms with van der Waals surface area (Å²) in [6, 6.07) is 4.52. The number of carbonyl (C=O) groups is 1. The SMILES string of the molecule is CC(=O)N[C@@H]1[C@@H](Oc2ccc([N+](=O)[O-])cc2)O[C@H]2COC(C)(C)O[C@H]2[C@@H]1O. The first-order chi connectivity index (χ1) is 12.7. The predicted molar refractivity (Wildman–Crippen MR) is 90.9 cm³/mol. The van der Waals surface area contributed by atoms with E-state index in [0.717, 1.165) is 0 Å². The molecule has 2 N–H and O–H groups in total. The second-order valence-corrected chi connectivity index (χ2v) is 6.92. The average molecular weight is 382 g/mol. The molecule has 10 nitrogen and oxygen atoms in total. The van der Waals surface area contributed by atoms with Gasteiger partial charge in [-0.1, -0.05) is 0 Å². The van der Waals surface area contributed by atoms with Crippen LogP contribution in [-0.4, -0.2) is 59.0 Å². The van der Waals surface area contributed by atoms with E-state index >= 15 is 0 Å². The molecule has 0 radical (unpaired) electrons. The number of benzene rings is 1. The molecule has 3 rings (SSSR count). The van der Waals surface area contributed by atoms with Gasteiger partial charge in [0.2, 0.25) is 12.2 Å². The van der Waals surface area contributed by atoms with Crippen LogP contribution < -0.4 is 10.1 Å². The van der Waals surface area contributed by atoms with Crippen molar-refractivity contribution < 1.29 is 33.8 Å². The van der Waals surface area contributed by atoms with Crippen LogP contribution in [0.25, 0.3) is 0 Å². The van der Waals surface area contributed by atoms with Gasteiger partial charge in [-0.3, -0.25) is 14.9 Å². The third-order valence-electron chi connectivity index (χ3n) is 4.36. The zero-order chi connectivity index (χ0) is 19.8. The largest absolute Gasteiger partial charge is 0.463 e. The molecule has 0 bridgehead atoms. The third-order valence-corrected chi connectivity index (χ3v) is 4.36. The number of nitro benzene ring substituents is 1. The Morgan fingerprint density at radius 2 is 2.04 bits per heavy atom. The van der Waals surface area contributed by atoms with Gasteiger partial charge in [-0.15, -0.1) is 0 Å². The van der Waals surface area contributed by atoms with Crippen LogP contribution in [0.3, 0.4) is 0 Å². The van der Waals surface area contributed by atoms with Gasteiger partial charge in [0.15, 0.2) is 5.79 Å². The van der Waals surface area contributed by atoms with Crippen LogP contribution in [0.15, 0.2) is 24.3 Å². The number of aliphatic hydroxyl groups excluding tert-OH is 1. The molecule has 2 saturated heterocycles. The molecule has 0 aromatic heterocycles. The van der Waals surface area contributed by atoms with Crippen LogP contribution in [0.4, 0.5) is 5.69 Å². The maximum Gasteiger partial charge on any atom is 0.269 e. The molecule has 0 saturated carbocycles. The van der Waals surface area contributed by atoms with E-state index in [9.17, 15) is 20.0 Å². The lowest BCUT2D eigenvalue weighted by Gasteiger charge is -2.49. The lowest BCUT2D eigenvalue weighted by molar-refractivity contribution is -0.384. The van der Waals surface area contributed by atoms with Crippen molar-refractivity contribution in [1.29, 1.82) is 0 Å². The van der Waals surface area contributed by atoms with Crippen molar-refractivity contribution in [3.8, 4) is 5.75 Å². The Hall–Kier alpha value is -2.27. The van der Waals surface area contributed by atoms with E-state index in [1.165, 1.54) is 31.2 Å². The van der Waals surface area contributed by atoms with Crippen molar-refractivity contribution in [2.45, 2.75) is 57.2 Å². The Kier molecular flexibility index (Phi) is 5.33. The number of nitro groups is 1. The highest BCUT2D eigenvalue weighted by Crippen LogP contribution is 2.33. The summed E-state index contributed by atoms with van der Waals surface area (Å²) in [5.41, 5.74) is -0.0817. The smallest absolute Gasteiger partial charge is 0.269 e. The van der Waals surface area contributed by atoms with Gasteiger partial charge in [-0.25, -0.2) is 0 Å². The van der Waals surface area contributed by atoms with E-state index in [2.05, 4.69) is 5.32 Å². The van der Waals surface area contributed by atoms with E-state index in [1.807, 2.05) is 0 Å². The maximum atomic E-state index is 11.6. The van der Waals surface area contributed by atoms with E-state index in [0.29, 0.717) is 5.75 Å². The highest BCUT2D eigenvalue weighted by molar-refractivity contribution is 5.73. The summed E-state index contributed by atoms with van der Waals surface area (Å²) in [6.07, 6.45) is -3.43. The molecule has 0 unspecified atom stereocenters. The maximum absolute atomic E-state index is 11.6. The fraction of sp³-hybridized carbons (Fsp3) is 0.588. The molecule has 1 aromatic carbocycles. The normalized spacial score (nSPS) is 32.2. The number of hydrogen-bond donors (Lipinski definition) is 2. The summed E-state index contributed by atoms with van der Waals surface area (Å²) < 4.78 is 22.9. The van der Waals surface area contributed by atoms with Crippen LogP contribution >= 0.6 is 0 Å². The minimum Gasteiger partial charge on any atom is -0.463 e. The second-order valence-electron chi connectivity index (χ2n) is 6.92. The molecule has 1 amide bonds. The van der Waals surface area contributed by atoms with Gasteiger partial charge in [0.05, 0.1) is 11.5 Å². The summed E-state index contributed by atoms with van der Waals surface area (Å²) in [7, 11) is 0. The molecule has 2 heterocycles. The molecular weight excluding hydrogens is 360 g/mol. The van der Waals surface area contributed by atoms with Crippen molar-refractivity contribution in [3.05, 3.63) is 34.4 Å². The third kappa shape index (κ3) is 4.35. The molecule has 0 aliphatic carbocycles. The van der Waals surface area contributed by atoms with Gasteiger partial charge in [0, 0.05) is 19.1 Å². The average Bonchev–Trinajstić information content (AvgIpc) is 2.59. The number of rotatable bonds is 4. The monoisotopic (exact) mass is 382 g/mol. The molecule has 1 aromatic rings. The Bertz CT molecular complexity index is 707. The van der Waals surface area contributed by atoms with Crippen molar-refractivity contribution in [1.82, 2.24) is 5.32 Å². The van der Waals surface area contributed by atoms with Gasteiger partial charge in [0.1, 0.15) is 30.1 Å². The van der Waals surface area contributed by atoms with Crippen LogP contribution in [-0.2, 0) is 19.0 Å². The number of ether oxygens (including phenoxy) is 4. The van der Waals surface area contributed by atoms with E-state index in [4.69, 9.17) is 18.9 Å². The van der Waals surface area contributed by atoms with E-state index in [-0.39, 0.29) is 18.2 Å². The standard InChI is InChI=1S/C17H22N2O8/c1-9(20)18-13-14(21)15-12(8-24-17(2,3)27-15)26-16(13)25-11-6-4-10(5-7-11)19(22)23/h4-7,12-16,21H,8H2,1-3H3,(H,18,20)/t12-,13-,14+,15+,16-/m0/s1. The van der Waals surface area contributed by atoms with Gasteiger partial charge in [-0.2, -0.15) is 0 Å². The highest BCUT2D eigenvalue weighted by Gasteiger charge is 2.52. The topological polar surface area (TPSA) is 129 Å². The van der Waals surface area contributed by atoms with Gasteiger partial charge in [0.25, 0.3) is 5.69 Å². The fourth-order valence-corrected chi connectivity index (χ4v) is 3.11. The quantitative estimate of drug-likeness (QED) is 0.575. The van der Waals surface area contributed by atoms with Gasteiger partial charge < -0.3 is 29.4 Å². The first kappa shape index (κ1) is 19.5. The zero-order valence-electron chi connectivity index (χ0n) is 15.2. The number of nitrogens with one attached hydrogen (secondary N) is 1. The first-order valence-corrected chi connectivity index (χ1v) is 8.50. The fourth-order valence-electron chi connectivity index (χ4n) is 3.11. The van der Waals surface area contributed by atoms with E-state index in [1.54, 1.807) is 13.8 Å². The number of non-ortho nitro benzene ring substituents is 1. The number of fused-ring (bicyclic) bond motifs is 1. The van der Waals surface area contributed by atoms with Crippen LogP contribution in [0.5, 0.6) is 5.75 Å². The van der Waals surface area contributed by atoms with Crippen molar-refractivity contribution >= 4 is 11.6 Å². The number of amides is 1. The second kappa shape index (κ2) is 7.39.